The Bertz CT molecular complexity index is 780. The number of imidazole rings is 1. The Labute approximate surface area is 118 Å². The van der Waals surface area contributed by atoms with E-state index in [0.717, 1.165) is 22.6 Å². The molecule has 0 bridgehead atoms. The van der Waals surface area contributed by atoms with Crippen LogP contribution in [-0.4, -0.2) is 14.4 Å². The van der Waals surface area contributed by atoms with Gasteiger partial charge >= 0.3 is 0 Å². The standard InChI is InChI=1S/C14H11BrFN3/c1-8-5-9(2)19-7-13(18-14(19)17-8)10-3-4-12(16)11(15)6-10/h3-7H,1-2H3. The maximum absolute atomic E-state index is 13.3. The molecule has 0 spiro atoms. The normalized spacial score (nSPS) is 11.2. The summed E-state index contributed by atoms with van der Waals surface area (Å²) < 4.78 is 15.6. The number of nitrogens with zero attached hydrogens (tertiary/aromatic N) is 3. The molecule has 0 aliphatic rings. The van der Waals surface area contributed by atoms with E-state index >= 15 is 0 Å². The lowest BCUT2D eigenvalue weighted by Crippen LogP contribution is -1.94. The highest BCUT2D eigenvalue weighted by Crippen LogP contribution is 2.25. The van der Waals surface area contributed by atoms with E-state index in [1.807, 2.05) is 30.5 Å². The van der Waals surface area contributed by atoms with Gasteiger partial charge in [-0.3, -0.25) is 4.40 Å². The third kappa shape index (κ3) is 2.14. The third-order valence-corrected chi connectivity index (χ3v) is 3.58. The van der Waals surface area contributed by atoms with Crippen molar-refractivity contribution < 1.29 is 4.39 Å². The predicted molar refractivity (Wildman–Crippen MR) is 75.6 cm³/mol. The molecule has 0 aliphatic heterocycles. The molecule has 5 heteroatoms. The molecule has 0 fully saturated rings. The van der Waals surface area contributed by atoms with Crippen LogP contribution in [-0.2, 0) is 0 Å². The van der Waals surface area contributed by atoms with Crippen LogP contribution in [0.2, 0.25) is 0 Å². The second-order valence-corrected chi connectivity index (χ2v) is 5.32. The van der Waals surface area contributed by atoms with E-state index in [0.29, 0.717) is 10.3 Å². The Morgan fingerprint density at radius 1 is 1.16 bits per heavy atom. The van der Waals surface area contributed by atoms with Gasteiger partial charge in [-0.2, -0.15) is 0 Å². The average molecular weight is 320 g/mol. The molecule has 0 aliphatic carbocycles. The van der Waals surface area contributed by atoms with Crippen molar-refractivity contribution in [2.24, 2.45) is 0 Å². The molecule has 19 heavy (non-hydrogen) atoms. The van der Waals surface area contributed by atoms with Gasteiger partial charge in [0.15, 0.2) is 0 Å². The van der Waals surface area contributed by atoms with Gasteiger partial charge in [0.2, 0.25) is 5.78 Å². The monoisotopic (exact) mass is 319 g/mol. The van der Waals surface area contributed by atoms with E-state index in [1.165, 1.54) is 6.07 Å². The summed E-state index contributed by atoms with van der Waals surface area (Å²) in [6.45, 7) is 3.95. The van der Waals surface area contributed by atoms with Gasteiger partial charge in [-0.05, 0) is 54.0 Å². The lowest BCUT2D eigenvalue weighted by molar-refractivity contribution is 0.621. The number of rotatable bonds is 1. The molecule has 0 unspecified atom stereocenters. The fourth-order valence-electron chi connectivity index (χ4n) is 2.07. The molecule has 0 saturated carbocycles. The highest BCUT2D eigenvalue weighted by Gasteiger charge is 2.09. The molecule has 0 amide bonds. The predicted octanol–water partition coefficient (Wildman–Crippen LogP) is 3.91. The lowest BCUT2D eigenvalue weighted by Gasteiger charge is -1.99. The van der Waals surface area contributed by atoms with Crippen molar-refractivity contribution in [1.29, 1.82) is 0 Å². The van der Waals surface area contributed by atoms with Crippen LogP contribution in [0.25, 0.3) is 17.0 Å². The quantitative estimate of drug-likeness (QED) is 0.680. The van der Waals surface area contributed by atoms with Gasteiger partial charge in [-0.15, -0.1) is 0 Å². The summed E-state index contributed by atoms with van der Waals surface area (Å²) in [6.07, 6.45) is 1.91. The number of hydrogen-bond acceptors (Lipinski definition) is 2. The van der Waals surface area contributed by atoms with Gasteiger partial charge in [0.05, 0.1) is 10.2 Å². The molecular weight excluding hydrogens is 309 g/mol. The summed E-state index contributed by atoms with van der Waals surface area (Å²) in [4.78, 5) is 8.87. The molecule has 0 atom stereocenters. The smallest absolute Gasteiger partial charge is 0.234 e. The SMILES string of the molecule is Cc1cc(C)n2cc(-c3ccc(F)c(Br)c3)nc2n1. The van der Waals surface area contributed by atoms with Gasteiger partial charge in [0.25, 0.3) is 0 Å². The van der Waals surface area contributed by atoms with Crippen molar-refractivity contribution in [3.63, 3.8) is 0 Å². The van der Waals surface area contributed by atoms with Crippen LogP contribution in [0.3, 0.4) is 0 Å². The maximum atomic E-state index is 13.3. The molecule has 0 radical (unpaired) electrons. The van der Waals surface area contributed by atoms with Gasteiger partial charge in [-0.1, -0.05) is 0 Å². The number of aromatic nitrogens is 3. The van der Waals surface area contributed by atoms with Gasteiger partial charge in [0, 0.05) is 23.1 Å². The zero-order valence-electron chi connectivity index (χ0n) is 10.5. The first kappa shape index (κ1) is 12.3. The summed E-state index contributed by atoms with van der Waals surface area (Å²) in [5.41, 5.74) is 3.64. The van der Waals surface area contributed by atoms with Crippen molar-refractivity contribution in [2.45, 2.75) is 13.8 Å². The topological polar surface area (TPSA) is 30.2 Å². The minimum Gasteiger partial charge on any atom is -0.288 e. The molecule has 2 aromatic heterocycles. The van der Waals surface area contributed by atoms with Crippen molar-refractivity contribution in [2.75, 3.05) is 0 Å². The maximum Gasteiger partial charge on any atom is 0.234 e. The van der Waals surface area contributed by atoms with Gasteiger partial charge in [0.1, 0.15) is 5.82 Å². The van der Waals surface area contributed by atoms with Gasteiger partial charge in [-0.25, -0.2) is 14.4 Å². The molecule has 3 rings (SSSR count). The number of fused-ring (bicyclic) bond motifs is 1. The summed E-state index contributed by atoms with van der Waals surface area (Å²) in [7, 11) is 0. The van der Waals surface area contributed by atoms with Crippen molar-refractivity contribution in [1.82, 2.24) is 14.4 Å². The highest BCUT2D eigenvalue weighted by atomic mass is 79.9. The Kier molecular flexibility index (Phi) is 2.86. The van der Waals surface area contributed by atoms with Crippen LogP contribution < -0.4 is 0 Å². The van der Waals surface area contributed by atoms with E-state index in [4.69, 9.17) is 0 Å². The fraction of sp³-hybridized carbons (Fsp3) is 0.143. The Hall–Kier alpha value is -1.75. The van der Waals surface area contributed by atoms with Crippen LogP contribution >= 0.6 is 15.9 Å². The minimum atomic E-state index is -0.280. The van der Waals surface area contributed by atoms with E-state index in [9.17, 15) is 4.39 Å². The first-order chi connectivity index (χ1) is 9.04. The van der Waals surface area contributed by atoms with E-state index < -0.39 is 0 Å². The summed E-state index contributed by atoms with van der Waals surface area (Å²) in [6, 6.07) is 6.86. The molecule has 0 saturated heterocycles. The van der Waals surface area contributed by atoms with Crippen LogP contribution in [0.15, 0.2) is 34.9 Å². The first-order valence-electron chi connectivity index (χ1n) is 5.83. The van der Waals surface area contributed by atoms with Gasteiger partial charge < -0.3 is 0 Å². The fourth-order valence-corrected chi connectivity index (χ4v) is 2.44. The number of benzene rings is 1. The molecule has 96 valence electrons. The summed E-state index contributed by atoms with van der Waals surface area (Å²) in [5.74, 6) is 0.380. The van der Waals surface area contributed by atoms with Crippen LogP contribution in [0.4, 0.5) is 4.39 Å². The molecule has 3 aromatic rings. The van der Waals surface area contributed by atoms with Crippen LogP contribution in [0, 0.1) is 19.7 Å². The Morgan fingerprint density at radius 2 is 1.95 bits per heavy atom. The highest BCUT2D eigenvalue weighted by molar-refractivity contribution is 9.10. The first-order valence-corrected chi connectivity index (χ1v) is 6.62. The number of halogens is 2. The average Bonchev–Trinajstić information content (AvgIpc) is 2.76. The molecule has 2 heterocycles. The number of aryl methyl sites for hydroxylation is 2. The summed E-state index contributed by atoms with van der Waals surface area (Å²) >= 11 is 3.19. The van der Waals surface area contributed by atoms with Crippen molar-refractivity contribution in [3.05, 3.63) is 52.1 Å². The molecule has 1 aromatic carbocycles. The van der Waals surface area contributed by atoms with E-state index in [2.05, 4.69) is 25.9 Å². The Balaban J connectivity index is 2.20. The second kappa shape index (κ2) is 4.42. The zero-order valence-corrected chi connectivity index (χ0v) is 12.1. The Morgan fingerprint density at radius 3 is 2.68 bits per heavy atom. The zero-order chi connectivity index (χ0) is 13.6. The minimum absolute atomic E-state index is 0.280. The number of hydrogen-bond donors (Lipinski definition) is 0. The van der Waals surface area contributed by atoms with E-state index in [-0.39, 0.29) is 5.82 Å². The van der Waals surface area contributed by atoms with Crippen LogP contribution in [0.1, 0.15) is 11.4 Å². The molecular formula is C14H11BrFN3. The van der Waals surface area contributed by atoms with Crippen molar-refractivity contribution in [3.8, 4) is 11.3 Å². The third-order valence-electron chi connectivity index (χ3n) is 2.98. The van der Waals surface area contributed by atoms with Crippen molar-refractivity contribution >= 4 is 21.7 Å². The lowest BCUT2D eigenvalue weighted by atomic mass is 10.2. The molecule has 3 nitrogen and oxygen atoms in total. The second-order valence-electron chi connectivity index (χ2n) is 4.46. The largest absolute Gasteiger partial charge is 0.288 e. The molecule has 0 N–H and O–H groups in total. The summed E-state index contributed by atoms with van der Waals surface area (Å²) in [5, 5.41) is 0. The van der Waals surface area contributed by atoms with Crippen LogP contribution in [0.5, 0.6) is 0 Å². The van der Waals surface area contributed by atoms with E-state index in [1.54, 1.807) is 12.1 Å².